The van der Waals surface area contributed by atoms with Gasteiger partial charge in [-0.15, -0.1) is 0 Å². The van der Waals surface area contributed by atoms with Crippen molar-refractivity contribution >= 4 is 5.97 Å². The van der Waals surface area contributed by atoms with E-state index in [0.717, 1.165) is 12.5 Å². The van der Waals surface area contributed by atoms with Crippen LogP contribution in [-0.2, 0) is 4.79 Å². The zero-order valence-electron chi connectivity index (χ0n) is 12.2. The summed E-state index contributed by atoms with van der Waals surface area (Å²) in [6.45, 7) is 2.25. The Kier molecular flexibility index (Phi) is 13.7. The molecule has 0 aromatic carbocycles. The van der Waals surface area contributed by atoms with E-state index in [9.17, 15) is 4.79 Å². The largest absolute Gasteiger partial charge is 0.478 e. The molecule has 0 fully saturated rings. The first kappa shape index (κ1) is 17.7. The molecule has 0 aliphatic heterocycles. The molecular formula is C17H28O2. The molecule has 0 aromatic heterocycles. The van der Waals surface area contributed by atoms with Gasteiger partial charge in [-0.25, -0.2) is 4.79 Å². The van der Waals surface area contributed by atoms with Crippen LogP contribution in [0.25, 0.3) is 0 Å². The van der Waals surface area contributed by atoms with Crippen LogP contribution < -0.4 is 0 Å². The number of carbonyl (C=O) groups is 1. The molecule has 0 atom stereocenters. The fourth-order valence-corrected chi connectivity index (χ4v) is 1.84. The van der Waals surface area contributed by atoms with E-state index in [1.807, 2.05) is 12.2 Å². The van der Waals surface area contributed by atoms with Gasteiger partial charge in [-0.3, -0.25) is 0 Å². The van der Waals surface area contributed by atoms with Crippen LogP contribution in [0.2, 0.25) is 0 Å². The average molecular weight is 264 g/mol. The van der Waals surface area contributed by atoms with Gasteiger partial charge in [0.15, 0.2) is 0 Å². The zero-order valence-corrected chi connectivity index (χ0v) is 12.2. The van der Waals surface area contributed by atoms with Crippen LogP contribution in [0, 0.1) is 0 Å². The fraction of sp³-hybridized carbons (Fsp3) is 0.588. The normalized spacial score (nSPS) is 12.1. The summed E-state index contributed by atoms with van der Waals surface area (Å²) in [5, 5.41) is 8.37. The third kappa shape index (κ3) is 16.7. The first-order valence-electron chi connectivity index (χ1n) is 7.50. The molecule has 2 nitrogen and oxygen atoms in total. The number of hydrogen-bond acceptors (Lipinski definition) is 1. The lowest BCUT2D eigenvalue weighted by Crippen LogP contribution is -1.84. The van der Waals surface area contributed by atoms with Crippen molar-refractivity contribution in [2.75, 3.05) is 0 Å². The molecule has 2 heteroatoms. The molecule has 0 bridgehead atoms. The van der Waals surface area contributed by atoms with E-state index >= 15 is 0 Å². The van der Waals surface area contributed by atoms with Crippen LogP contribution >= 0.6 is 0 Å². The SMILES string of the molecule is CCCCCCCCCCC=CC=CC=CC(=O)O. The lowest BCUT2D eigenvalue weighted by Gasteiger charge is -1.99. The number of rotatable bonds is 12. The van der Waals surface area contributed by atoms with Crippen molar-refractivity contribution in [3.8, 4) is 0 Å². The third-order valence-corrected chi connectivity index (χ3v) is 2.93. The predicted molar refractivity (Wildman–Crippen MR) is 82.3 cm³/mol. The van der Waals surface area contributed by atoms with Gasteiger partial charge in [0.1, 0.15) is 0 Å². The molecule has 0 spiro atoms. The summed E-state index contributed by atoms with van der Waals surface area (Å²) in [7, 11) is 0. The van der Waals surface area contributed by atoms with Crippen LogP contribution in [0.1, 0.15) is 64.7 Å². The zero-order chi connectivity index (χ0) is 14.2. The van der Waals surface area contributed by atoms with Crippen LogP contribution in [-0.4, -0.2) is 11.1 Å². The summed E-state index contributed by atoms with van der Waals surface area (Å²) in [5.41, 5.74) is 0. The van der Waals surface area contributed by atoms with Crippen LogP contribution in [0.5, 0.6) is 0 Å². The third-order valence-electron chi connectivity index (χ3n) is 2.93. The molecule has 108 valence electrons. The Balaban J connectivity index is 3.27. The number of unbranched alkanes of at least 4 members (excludes halogenated alkanes) is 8. The van der Waals surface area contributed by atoms with Crippen molar-refractivity contribution < 1.29 is 9.90 Å². The first-order valence-corrected chi connectivity index (χ1v) is 7.50. The minimum atomic E-state index is -0.910. The van der Waals surface area contributed by atoms with Crippen molar-refractivity contribution in [1.82, 2.24) is 0 Å². The molecule has 1 N–H and O–H groups in total. The van der Waals surface area contributed by atoms with Gasteiger partial charge in [0.2, 0.25) is 0 Å². The molecule has 0 aliphatic carbocycles. The van der Waals surface area contributed by atoms with E-state index < -0.39 is 5.97 Å². The highest BCUT2D eigenvalue weighted by Crippen LogP contribution is 2.09. The summed E-state index contributed by atoms with van der Waals surface area (Å²) >= 11 is 0. The lowest BCUT2D eigenvalue weighted by atomic mass is 10.1. The summed E-state index contributed by atoms with van der Waals surface area (Å²) < 4.78 is 0. The van der Waals surface area contributed by atoms with Gasteiger partial charge in [-0.2, -0.15) is 0 Å². The maximum absolute atomic E-state index is 10.2. The van der Waals surface area contributed by atoms with Gasteiger partial charge in [-0.1, -0.05) is 82.2 Å². The topological polar surface area (TPSA) is 37.3 Å². The molecule has 0 radical (unpaired) electrons. The molecule has 0 saturated heterocycles. The van der Waals surface area contributed by atoms with Crippen molar-refractivity contribution in [2.45, 2.75) is 64.7 Å². The second-order valence-corrected chi connectivity index (χ2v) is 4.77. The summed E-state index contributed by atoms with van der Waals surface area (Å²) in [5.74, 6) is -0.910. The van der Waals surface area contributed by atoms with E-state index in [1.165, 1.54) is 57.4 Å². The number of carboxylic acids is 1. The van der Waals surface area contributed by atoms with Crippen LogP contribution in [0.4, 0.5) is 0 Å². The van der Waals surface area contributed by atoms with Gasteiger partial charge in [0, 0.05) is 6.08 Å². The molecule has 0 amide bonds. The second-order valence-electron chi connectivity index (χ2n) is 4.77. The quantitative estimate of drug-likeness (QED) is 0.296. The highest BCUT2D eigenvalue weighted by atomic mass is 16.4. The smallest absolute Gasteiger partial charge is 0.328 e. The van der Waals surface area contributed by atoms with Gasteiger partial charge >= 0.3 is 5.97 Å². The number of aliphatic carboxylic acids is 1. The Morgan fingerprint density at radius 2 is 1.42 bits per heavy atom. The summed E-state index contributed by atoms with van der Waals surface area (Å²) in [4.78, 5) is 10.2. The minimum Gasteiger partial charge on any atom is -0.478 e. The van der Waals surface area contributed by atoms with Crippen molar-refractivity contribution in [3.05, 3.63) is 36.5 Å². The Hall–Kier alpha value is -1.31. The van der Waals surface area contributed by atoms with E-state index in [4.69, 9.17) is 5.11 Å². The van der Waals surface area contributed by atoms with Gasteiger partial charge in [-0.05, 0) is 12.8 Å². The van der Waals surface area contributed by atoms with E-state index in [-0.39, 0.29) is 0 Å². The molecule has 0 aromatic rings. The second kappa shape index (κ2) is 14.7. The molecule has 0 heterocycles. The maximum atomic E-state index is 10.2. The predicted octanol–water partition coefficient (Wildman–Crippen LogP) is 5.27. The van der Waals surface area contributed by atoms with Gasteiger partial charge in [0.25, 0.3) is 0 Å². The fourth-order valence-electron chi connectivity index (χ4n) is 1.84. The molecule has 19 heavy (non-hydrogen) atoms. The molecular weight excluding hydrogens is 236 g/mol. The Labute approximate surface area is 117 Å². The van der Waals surface area contributed by atoms with Gasteiger partial charge < -0.3 is 5.11 Å². The van der Waals surface area contributed by atoms with E-state index in [1.54, 1.807) is 6.08 Å². The average Bonchev–Trinajstić information content (AvgIpc) is 2.39. The van der Waals surface area contributed by atoms with Crippen molar-refractivity contribution in [2.24, 2.45) is 0 Å². The first-order chi connectivity index (χ1) is 9.27. The highest BCUT2D eigenvalue weighted by molar-refractivity contribution is 5.80. The number of allylic oxidation sites excluding steroid dienone is 5. The summed E-state index contributed by atoms with van der Waals surface area (Å²) in [6, 6.07) is 0. The molecule has 0 saturated carbocycles. The lowest BCUT2D eigenvalue weighted by molar-refractivity contribution is -0.131. The number of carboxylic acid groups (broad SMARTS) is 1. The standard InChI is InChI=1S/C17H28O2/c1-2-3-4-5-6-7-8-9-10-11-12-13-14-15-16-17(18)19/h11-16H,2-10H2,1H3,(H,18,19). The van der Waals surface area contributed by atoms with Crippen LogP contribution in [0.15, 0.2) is 36.5 Å². The number of hydrogen-bond donors (Lipinski definition) is 1. The Morgan fingerprint density at radius 1 is 0.842 bits per heavy atom. The van der Waals surface area contributed by atoms with E-state index in [2.05, 4.69) is 13.0 Å². The molecule has 0 aliphatic rings. The van der Waals surface area contributed by atoms with E-state index in [0.29, 0.717) is 0 Å². The van der Waals surface area contributed by atoms with Gasteiger partial charge in [0.05, 0.1) is 0 Å². The van der Waals surface area contributed by atoms with Crippen molar-refractivity contribution in [1.29, 1.82) is 0 Å². The molecule has 0 unspecified atom stereocenters. The van der Waals surface area contributed by atoms with Crippen molar-refractivity contribution in [3.63, 3.8) is 0 Å². The summed E-state index contributed by atoms with van der Waals surface area (Å²) in [6.07, 6.45) is 22.3. The molecule has 0 rings (SSSR count). The monoisotopic (exact) mass is 264 g/mol. The Morgan fingerprint density at radius 3 is 2.05 bits per heavy atom. The minimum absolute atomic E-state index is 0.910. The Bertz CT molecular complexity index is 288. The maximum Gasteiger partial charge on any atom is 0.328 e. The highest BCUT2D eigenvalue weighted by Gasteiger charge is 1.89. The van der Waals surface area contributed by atoms with Crippen LogP contribution in [0.3, 0.4) is 0 Å².